The van der Waals surface area contributed by atoms with Gasteiger partial charge in [0.2, 0.25) is 5.91 Å². The van der Waals surface area contributed by atoms with Crippen molar-refractivity contribution in [2.45, 2.75) is 32.8 Å². The monoisotopic (exact) mass is 461 g/mol. The van der Waals surface area contributed by atoms with E-state index < -0.39 is 24.0 Å². The van der Waals surface area contributed by atoms with Gasteiger partial charge in [-0.15, -0.1) is 0 Å². The molecule has 2 aromatic carbocycles. The summed E-state index contributed by atoms with van der Waals surface area (Å²) in [7, 11) is 1.53. The molecule has 8 heteroatoms. The Morgan fingerprint density at radius 2 is 1.62 bits per heavy atom. The summed E-state index contributed by atoms with van der Waals surface area (Å²) in [6, 6.07) is 17.2. The minimum Gasteiger partial charge on any atom is -0.497 e. The lowest BCUT2D eigenvalue weighted by Gasteiger charge is -2.27. The lowest BCUT2D eigenvalue weighted by Crippen LogP contribution is -2.49. The molecule has 34 heavy (non-hydrogen) atoms. The molecule has 0 aliphatic heterocycles. The fraction of sp³-hybridized carbons (Fsp3) is 0.231. The Hall–Kier alpha value is -4.20. The first-order valence-corrected chi connectivity index (χ1v) is 10.7. The molecule has 1 aromatic heterocycles. The van der Waals surface area contributed by atoms with E-state index in [1.807, 2.05) is 18.2 Å². The molecule has 176 valence electrons. The van der Waals surface area contributed by atoms with Gasteiger partial charge in [-0.3, -0.25) is 20.0 Å². The van der Waals surface area contributed by atoms with Gasteiger partial charge in [0, 0.05) is 18.0 Å². The molecule has 0 fully saturated rings. The Kier molecular flexibility index (Phi) is 7.63. The molecule has 0 aliphatic rings. The molecule has 0 radical (unpaired) electrons. The molecule has 8 nitrogen and oxygen atoms in total. The Morgan fingerprint density at radius 1 is 0.941 bits per heavy atom. The Labute approximate surface area is 198 Å². The lowest BCUT2D eigenvalue weighted by atomic mass is 10.0. The topological polar surface area (TPSA) is 97.8 Å². The highest BCUT2D eigenvalue weighted by Crippen LogP contribution is 2.22. The van der Waals surface area contributed by atoms with E-state index in [0.717, 1.165) is 16.1 Å². The number of hydrogen-bond donors (Lipinski definition) is 1. The summed E-state index contributed by atoms with van der Waals surface area (Å²) in [6.45, 7) is 5.16. The molecule has 0 aliphatic carbocycles. The van der Waals surface area contributed by atoms with Crippen molar-refractivity contribution in [3.05, 3.63) is 78.6 Å². The van der Waals surface area contributed by atoms with E-state index in [9.17, 15) is 14.4 Å². The number of ether oxygens (including phenoxy) is 2. The molecule has 1 N–H and O–H groups in total. The number of hydrazine groups is 1. The predicted octanol–water partition coefficient (Wildman–Crippen LogP) is 4.80. The zero-order valence-electron chi connectivity index (χ0n) is 19.6. The largest absolute Gasteiger partial charge is 0.497 e. The van der Waals surface area contributed by atoms with Crippen LogP contribution in [0.1, 0.15) is 37.6 Å². The van der Waals surface area contributed by atoms with Crippen molar-refractivity contribution < 1.29 is 23.9 Å². The van der Waals surface area contributed by atoms with Gasteiger partial charge >= 0.3 is 6.09 Å². The number of benzene rings is 2. The van der Waals surface area contributed by atoms with Crippen LogP contribution in [-0.4, -0.2) is 35.5 Å². The van der Waals surface area contributed by atoms with Gasteiger partial charge in [-0.25, -0.2) is 4.79 Å². The van der Waals surface area contributed by atoms with E-state index in [0.29, 0.717) is 17.0 Å². The molecule has 0 bridgehead atoms. The molecule has 0 atom stereocenters. The summed E-state index contributed by atoms with van der Waals surface area (Å²) in [5.74, 6) is -0.447. The second-order valence-corrected chi connectivity index (χ2v) is 8.47. The number of nitrogens with one attached hydrogen (secondary N) is 1. The van der Waals surface area contributed by atoms with E-state index in [1.54, 1.807) is 75.6 Å². The molecule has 0 saturated carbocycles. The third kappa shape index (κ3) is 6.65. The van der Waals surface area contributed by atoms with Crippen molar-refractivity contribution in [2.75, 3.05) is 12.1 Å². The third-order valence-corrected chi connectivity index (χ3v) is 4.66. The summed E-state index contributed by atoms with van der Waals surface area (Å²) < 4.78 is 10.6. The maximum absolute atomic E-state index is 12.8. The van der Waals surface area contributed by atoms with Crippen LogP contribution < -0.4 is 15.2 Å². The third-order valence-electron chi connectivity index (χ3n) is 4.66. The van der Waals surface area contributed by atoms with Crippen LogP contribution in [0.25, 0.3) is 11.1 Å². The van der Waals surface area contributed by atoms with Crippen molar-refractivity contribution in [1.82, 2.24) is 10.4 Å². The van der Waals surface area contributed by atoms with E-state index in [2.05, 4.69) is 10.4 Å². The minimum absolute atomic E-state index is 0.357. The van der Waals surface area contributed by atoms with Crippen LogP contribution in [0.5, 0.6) is 5.75 Å². The van der Waals surface area contributed by atoms with Crippen molar-refractivity contribution in [2.24, 2.45) is 0 Å². The number of nitrogens with zero attached hydrogens (tertiary/aromatic N) is 2. The number of ketones is 1. The minimum atomic E-state index is -0.782. The van der Waals surface area contributed by atoms with Crippen LogP contribution in [0.15, 0.2) is 73.1 Å². The zero-order valence-corrected chi connectivity index (χ0v) is 19.6. The molecule has 3 aromatic rings. The molecule has 0 unspecified atom stereocenters. The maximum Gasteiger partial charge on any atom is 0.434 e. The van der Waals surface area contributed by atoms with Gasteiger partial charge in [-0.2, -0.15) is 5.01 Å². The van der Waals surface area contributed by atoms with Crippen LogP contribution in [0.2, 0.25) is 0 Å². The van der Waals surface area contributed by atoms with Gasteiger partial charge in [-0.05, 0) is 74.4 Å². The molecule has 0 saturated heterocycles. The van der Waals surface area contributed by atoms with Crippen LogP contribution in [0, 0.1) is 0 Å². The SMILES string of the molecule is COc1ccc(N(NC(=O)CC(=O)c2cccc(-c3ccncc3)c2)C(=O)OC(C)(C)C)cc1. The van der Waals surface area contributed by atoms with Crippen molar-refractivity contribution in [3.8, 4) is 16.9 Å². The Bertz CT molecular complexity index is 1160. The number of carbonyl (C=O) groups excluding carboxylic acids is 3. The van der Waals surface area contributed by atoms with Crippen LogP contribution >= 0.6 is 0 Å². The molecule has 0 spiro atoms. The quantitative estimate of drug-likeness (QED) is 0.322. The maximum atomic E-state index is 12.8. The number of carbonyl (C=O) groups is 3. The number of rotatable bonds is 6. The summed E-state index contributed by atoms with van der Waals surface area (Å²) in [5, 5.41) is 0.980. The van der Waals surface area contributed by atoms with E-state index >= 15 is 0 Å². The van der Waals surface area contributed by atoms with Gasteiger partial charge in [-0.1, -0.05) is 18.2 Å². The van der Waals surface area contributed by atoms with Gasteiger partial charge < -0.3 is 9.47 Å². The van der Waals surface area contributed by atoms with Gasteiger partial charge in [0.05, 0.1) is 19.2 Å². The summed E-state index contributed by atoms with van der Waals surface area (Å²) in [6.07, 6.45) is 2.11. The van der Waals surface area contributed by atoms with Crippen molar-refractivity contribution in [3.63, 3.8) is 0 Å². The smallest absolute Gasteiger partial charge is 0.434 e. The van der Waals surface area contributed by atoms with Crippen LogP contribution in [0.4, 0.5) is 10.5 Å². The standard InChI is InChI=1S/C26H27N3O5/c1-26(2,3)34-25(32)29(21-8-10-22(33-4)11-9-21)28-24(31)17-23(30)20-7-5-6-19(16-20)18-12-14-27-15-13-18/h5-16H,17H2,1-4H3,(H,28,31). The number of amides is 2. The van der Waals surface area contributed by atoms with Gasteiger partial charge in [0.25, 0.3) is 0 Å². The predicted molar refractivity (Wildman–Crippen MR) is 128 cm³/mol. The second kappa shape index (κ2) is 10.6. The number of methoxy groups -OCH3 is 1. The average molecular weight is 462 g/mol. The zero-order chi connectivity index (χ0) is 24.7. The summed E-state index contributed by atoms with van der Waals surface area (Å²) in [5.41, 5.74) is 4.19. The fourth-order valence-corrected chi connectivity index (χ4v) is 3.08. The van der Waals surface area contributed by atoms with Crippen LogP contribution in [-0.2, 0) is 9.53 Å². The summed E-state index contributed by atoms with van der Waals surface area (Å²) >= 11 is 0. The second-order valence-electron chi connectivity index (χ2n) is 8.47. The number of aromatic nitrogens is 1. The highest BCUT2D eigenvalue weighted by atomic mass is 16.6. The first-order valence-electron chi connectivity index (χ1n) is 10.7. The lowest BCUT2D eigenvalue weighted by molar-refractivity contribution is -0.120. The molecule has 1 heterocycles. The normalized spacial score (nSPS) is 10.8. The van der Waals surface area contributed by atoms with E-state index in [4.69, 9.17) is 9.47 Å². The molecule has 2 amide bonds. The van der Waals surface area contributed by atoms with Gasteiger partial charge in [0.15, 0.2) is 5.78 Å². The molecule has 3 rings (SSSR count). The molecular weight excluding hydrogens is 434 g/mol. The number of hydrogen-bond acceptors (Lipinski definition) is 6. The average Bonchev–Trinajstić information content (AvgIpc) is 2.82. The first-order chi connectivity index (χ1) is 16.2. The van der Waals surface area contributed by atoms with E-state index in [-0.39, 0.29) is 5.78 Å². The highest BCUT2D eigenvalue weighted by Gasteiger charge is 2.26. The Morgan fingerprint density at radius 3 is 2.24 bits per heavy atom. The first kappa shape index (κ1) is 24.4. The van der Waals surface area contributed by atoms with Crippen molar-refractivity contribution >= 4 is 23.5 Å². The number of Topliss-reactive ketones (excluding diaryl/α,β-unsaturated/α-hetero) is 1. The number of anilines is 1. The van der Waals surface area contributed by atoms with Crippen molar-refractivity contribution in [1.29, 1.82) is 0 Å². The highest BCUT2D eigenvalue weighted by molar-refractivity contribution is 6.09. The van der Waals surface area contributed by atoms with Crippen LogP contribution in [0.3, 0.4) is 0 Å². The Balaban J connectivity index is 1.76. The number of pyridine rings is 1. The fourth-order valence-electron chi connectivity index (χ4n) is 3.08. The summed E-state index contributed by atoms with van der Waals surface area (Å²) in [4.78, 5) is 42.3. The molecular formula is C26H27N3O5. The van der Waals surface area contributed by atoms with Gasteiger partial charge in [0.1, 0.15) is 11.4 Å². The van der Waals surface area contributed by atoms with E-state index in [1.165, 1.54) is 7.11 Å².